The molecule has 39 heavy (non-hydrogen) atoms. The molecular weight excluding hydrogens is 518 g/mol. The molecule has 0 fully saturated rings. The summed E-state index contributed by atoms with van der Waals surface area (Å²) in [5.74, 6) is 2.79. The Balaban J connectivity index is 1.53. The Morgan fingerprint density at radius 1 is 0.846 bits per heavy atom. The molecule has 0 aliphatic rings. The second kappa shape index (κ2) is 12.8. The number of rotatable bonds is 11. The molecule has 4 aromatic rings. The highest BCUT2D eigenvalue weighted by Gasteiger charge is 2.19. The zero-order chi connectivity index (χ0) is 27.8. The van der Waals surface area contributed by atoms with Gasteiger partial charge in [-0.25, -0.2) is 5.43 Å². The lowest BCUT2D eigenvalue weighted by Crippen LogP contribution is -2.21. The minimum Gasteiger partial charge on any atom is -0.493 e. The number of hydrogen-bond acceptors (Lipinski definition) is 9. The second-order valence-corrected chi connectivity index (χ2v) is 9.08. The predicted molar refractivity (Wildman–Crippen MR) is 151 cm³/mol. The molecule has 11 heteroatoms. The highest BCUT2D eigenvalue weighted by Crippen LogP contribution is 2.34. The summed E-state index contributed by atoms with van der Waals surface area (Å²) in [6.07, 6.45) is 0. The van der Waals surface area contributed by atoms with Crippen LogP contribution < -0.4 is 24.4 Å². The standard InChI is InChI=1S/C28H29N5O5S/c1-18(19-11-13-22(35-2)24(15-19)37-4)29-30-26(34)17-39-28-32-31-27(33(28)21-9-7-6-8-10-21)20-12-14-23(36-3)25(16-20)38-5/h6-16H,17H2,1-5H3,(H,30,34)/b29-18+. The minimum atomic E-state index is -0.282. The summed E-state index contributed by atoms with van der Waals surface area (Å²) in [6, 6.07) is 20.7. The van der Waals surface area contributed by atoms with Crippen LogP contribution in [0.1, 0.15) is 12.5 Å². The third-order valence-corrected chi connectivity index (χ3v) is 6.70. The number of nitrogens with zero attached hydrogens (tertiary/aromatic N) is 4. The van der Waals surface area contributed by atoms with E-state index in [-0.39, 0.29) is 11.7 Å². The number of benzene rings is 3. The number of para-hydroxylation sites is 1. The maximum atomic E-state index is 12.7. The van der Waals surface area contributed by atoms with Crippen molar-refractivity contribution in [2.45, 2.75) is 12.1 Å². The van der Waals surface area contributed by atoms with Crippen molar-refractivity contribution >= 4 is 23.4 Å². The summed E-state index contributed by atoms with van der Waals surface area (Å²) in [6.45, 7) is 1.80. The van der Waals surface area contributed by atoms with Gasteiger partial charge in [-0.05, 0) is 55.5 Å². The summed E-state index contributed by atoms with van der Waals surface area (Å²) in [4.78, 5) is 12.7. The molecular formula is C28H29N5O5S. The molecule has 4 rings (SSSR count). The Bertz CT molecular complexity index is 1470. The number of hydrazone groups is 1. The van der Waals surface area contributed by atoms with Crippen LogP contribution in [0.3, 0.4) is 0 Å². The Hall–Kier alpha value is -4.51. The van der Waals surface area contributed by atoms with Gasteiger partial charge in [0.1, 0.15) is 0 Å². The van der Waals surface area contributed by atoms with Crippen molar-refractivity contribution in [3.05, 3.63) is 72.3 Å². The van der Waals surface area contributed by atoms with Gasteiger partial charge < -0.3 is 18.9 Å². The fourth-order valence-electron chi connectivity index (χ4n) is 3.77. The molecule has 1 heterocycles. The number of hydrogen-bond donors (Lipinski definition) is 1. The topological polar surface area (TPSA) is 109 Å². The molecule has 0 aliphatic carbocycles. The van der Waals surface area contributed by atoms with Crippen molar-refractivity contribution in [3.63, 3.8) is 0 Å². The van der Waals surface area contributed by atoms with Crippen LogP contribution in [0.15, 0.2) is 77.0 Å². The number of carbonyl (C=O) groups is 1. The number of methoxy groups -OCH3 is 4. The summed E-state index contributed by atoms with van der Waals surface area (Å²) in [7, 11) is 6.31. The number of nitrogens with one attached hydrogen (secondary N) is 1. The molecule has 0 saturated carbocycles. The van der Waals surface area contributed by atoms with Gasteiger partial charge in [-0.15, -0.1) is 10.2 Å². The van der Waals surface area contributed by atoms with Crippen molar-refractivity contribution in [1.29, 1.82) is 0 Å². The van der Waals surface area contributed by atoms with Crippen LogP contribution in [0, 0.1) is 0 Å². The maximum Gasteiger partial charge on any atom is 0.250 e. The van der Waals surface area contributed by atoms with E-state index in [9.17, 15) is 4.79 Å². The van der Waals surface area contributed by atoms with E-state index < -0.39 is 0 Å². The number of thioether (sulfide) groups is 1. The van der Waals surface area contributed by atoms with Gasteiger partial charge in [0.2, 0.25) is 0 Å². The van der Waals surface area contributed by atoms with Crippen LogP contribution >= 0.6 is 11.8 Å². The molecule has 0 spiro atoms. The van der Waals surface area contributed by atoms with Crippen LogP contribution in [-0.2, 0) is 4.79 Å². The Kier molecular flexibility index (Phi) is 9.06. The monoisotopic (exact) mass is 547 g/mol. The Morgan fingerprint density at radius 2 is 1.49 bits per heavy atom. The molecule has 1 N–H and O–H groups in total. The van der Waals surface area contributed by atoms with E-state index in [4.69, 9.17) is 18.9 Å². The smallest absolute Gasteiger partial charge is 0.250 e. The van der Waals surface area contributed by atoms with Gasteiger partial charge >= 0.3 is 0 Å². The zero-order valence-corrected chi connectivity index (χ0v) is 23.1. The first-order chi connectivity index (χ1) is 19.0. The molecule has 0 radical (unpaired) electrons. The predicted octanol–water partition coefficient (Wildman–Crippen LogP) is 4.60. The van der Waals surface area contributed by atoms with E-state index in [0.29, 0.717) is 39.7 Å². The van der Waals surface area contributed by atoms with Gasteiger partial charge in [0.25, 0.3) is 5.91 Å². The lowest BCUT2D eigenvalue weighted by molar-refractivity contribution is -0.118. The number of ether oxygens (including phenoxy) is 4. The van der Waals surface area contributed by atoms with Crippen molar-refractivity contribution in [3.8, 4) is 40.1 Å². The highest BCUT2D eigenvalue weighted by molar-refractivity contribution is 7.99. The van der Waals surface area contributed by atoms with E-state index in [1.54, 1.807) is 47.5 Å². The van der Waals surface area contributed by atoms with E-state index in [0.717, 1.165) is 16.8 Å². The molecule has 0 saturated heterocycles. The average molecular weight is 548 g/mol. The normalized spacial score (nSPS) is 11.2. The Labute approximate surface area is 231 Å². The summed E-state index contributed by atoms with van der Waals surface area (Å²) in [5, 5.41) is 13.6. The van der Waals surface area contributed by atoms with E-state index >= 15 is 0 Å². The van der Waals surface area contributed by atoms with Gasteiger partial charge in [0.05, 0.1) is 39.9 Å². The summed E-state index contributed by atoms with van der Waals surface area (Å²) >= 11 is 1.26. The van der Waals surface area contributed by atoms with E-state index in [2.05, 4.69) is 20.7 Å². The molecule has 0 unspecified atom stereocenters. The molecule has 1 amide bonds. The van der Waals surface area contributed by atoms with Gasteiger partial charge in [-0.1, -0.05) is 30.0 Å². The molecule has 3 aromatic carbocycles. The fourth-order valence-corrected chi connectivity index (χ4v) is 4.51. The zero-order valence-electron chi connectivity index (χ0n) is 22.3. The van der Waals surface area contributed by atoms with Crippen molar-refractivity contribution in [2.24, 2.45) is 5.10 Å². The lowest BCUT2D eigenvalue weighted by Gasteiger charge is -2.12. The summed E-state index contributed by atoms with van der Waals surface area (Å²) < 4.78 is 23.4. The van der Waals surface area contributed by atoms with Crippen molar-refractivity contribution in [2.75, 3.05) is 34.2 Å². The number of amides is 1. The van der Waals surface area contributed by atoms with Crippen molar-refractivity contribution in [1.82, 2.24) is 20.2 Å². The average Bonchev–Trinajstić information content (AvgIpc) is 3.42. The van der Waals surface area contributed by atoms with Crippen LogP contribution in [0.25, 0.3) is 17.1 Å². The van der Waals surface area contributed by atoms with Gasteiger partial charge in [0, 0.05) is 16.8 Å². The SMILES string of the molecule is COc1ccc(/C(C)=N/NC(=O)CSc2nnc(-c3ccc(OC)c(OC)c3)n2-c2ccccc2)cc1OC. The van der Waals surface area contributed by atoms with Crippen LogP contribution in [0.4, 0.5) is 0 Å². The molecule has 0 bridgehead atoms. The van der Waals surface area contributed by atoms with Gasteiger partial charge in [-0.2, -0.15) is 5.10 Å². The van der Waals surface area contributed by atoms with Crippen LogP contribution in [0.2, 0.25) is 0 Å². The highest BCUT2D eigenvalue weighted by atomic mass is 32.2. The largest absolute Gasteiger partial charge is 0.493 e. The molecule has 0 atom stereocenters. The maximum absolute atomic E-state index is 12.7. The van der Waals surface area contributed by atoms with E-state index in [1.165, 1.54) is 11.8 Å². The lowest BCUT2D eigenvalue weighted by atomic mass is 10.1. The first-order valence-electron chi connectivity index (χ1n) is 11.9. The Morgan fingerprint density at radius 3 is 2.15 bits per heavy atom. The fraction of sp³-hybridized carbons (Fsp3) is 0.214. The van der Waals surface area contributed by atoms with Crippen LogP contribution in [-0.4, -0.2) is 60.6 Å². The minimum absolute atomic E-state index is 0.0830. The quantitative estimate of drug-likeness (QED) is 0.165. The number of carbonyl (C=O) groups excluding carboxylic acids is 1. The molecule has 1 aromatic heterocycles. The first kappa shape index (κ1) is 27.5. The van der Waals surface area contributed by atoms with E-state index in [1.807, 2.05) is 59.2 Å². The third-order valence-electron chi connectivity index (χ3n) is 5.77. The van der Waals surface area contributed by atoms with Gasteiger partial charge in [-0.3, -0.25) is 9.36 Å². The third kappa shape index (κ3) is 6.32. The molecule has 0 aliphatic heterocycles. The second-order valence-electron chi connectivity index (χ2n) is 8.14. The number of aromatic nitrogens is 3. The van der Waals surface area contributed by atoms with Gasteiger partial charge in [0.15, 0.2) is 34.0 Å². The summed E-state index contributed by atoms with van der Waals surface area (Å²) in [5.41, 5.74) is 5.68. The van der Waals surface area contributed by atoms with Crippen molar-refractivity contribution < 1.29 is 23.7 Å². The molecule has 10 nitrogen and oxygen atoms in total. The van der Waals surface area contributed by atoms with Crippen LogP contribution in [0.5, 0.6) is 23.0 Å². The first-order valence-corrected chi connectivity index (χ1v) is 12.9. The molecule has 202 valence electrons.